The Morgan fingerprint density at radius 3 is 2.21 bits per heavy atom. The number of hydrogen-bond donors (Lipinski definition) is 3. The van der Waals surface area contributed by atoms with Crippen molar-refractivity contribution in [3.63, 3.8) is 0 Å². The molecule has 0 radical (unpaired) electrons. The van der Waals surface area contributed by atoms with E-state index in [0.29, 0.717) is 17.2 Å². The van der Waals surface area contributed by atoms with Gasteiger partial charge in [0, 0.05) is 33.5 Å². The van der Waals surface area contributed by atoms with Gasteiger partial charge < -0.3 is 20.1 Å². The van der Waals surface area contributed by atoms with Crippen LogP contribution in [0, 0.1) is 24.0 Å². The molecule has 38 heavy (non-hydrogen) atoms. The molecule has 0 spiro atoms. The summed E-state index contributed by atoms with van der Waals surface area (Å²) in [6.07, 6.45) is 1.59. The summed E-state index contributed by atoms with van der Waals surface area (Å²) in [4.78, 5) is 23.8. The Hall–Kier alpha value is -4.78. The maximum Gasteiger partial charge on any atom is 0.269 e. The van der Waals surface area contributed by atoms with E-state index in [1.54, 1.807) is 24.4 Å². The SMILES string of the molecule is Cc1ccc(Nc2nc(N/N=C/c3cc4c(cc3Br)OCO4)nc(Nc3ccc([N+](=O)[O-])cc3)n2)cc1C. The van der Waals surface area contributed by atoms with Crippen molar-refractivity contribution in [2.24, 2.45) is 5.10 Å². The molecule has 5 rings (SSSR count). The summed E-state index contributed by atoms with van der Waals surface area (Å²) in [6, 6.07) is 15.5. The number of ether oxygens (including phenoxy) is 2. The fraction of sp³-hybridized carbons (Fsp3) is 0.120. The molecule has 0 aliphatic carbocycles. The zero-order valence-corrected chi connectivity index (χ0v) is 21.8. The summed E-state index contributed by atoms with van der Waals surface area (Å²) in [5.41, 5.74) is 7.22. The molecule has 2 heterocycles. The van der Waals surface area contributed by atoms with Crippen LogP contribution in [0.25, 0.3) is 0 Å². The summed E-state index contributed by atoms with van der Waals surface area (Å²) in [7, 11) is 0. The van der Waals surface area contributed by atoms with Crippen LogP contribution < -0.4 is 25.5 Å². The molecule has 13 heteroatoms. The number of anilines is 5. The van der Waals surface area contributed by atoms with Gasteiger partial charge in [0.1, 0.15) is 0 Å². The van der Waals surface area contributed by atoms with E-state index in [9.17, 15) is 10.1 Å². The van der Waals surface area contributed by atoms with E-state index in [4.69, 9.17) is 9.47 Å². The van der Waals surface area contributed by atoms with Gasteiger partial charge in [-0.05, 0) is 77.3 Å². The minimum Gasteiger partial charge on any atom is -0.454 e. The first-order valence-electron chi connectivity index (χ1n) is 11.3. The number of rotatable bonds is 8. The average molecular weight is 577 g/mol. The zero-order valence-electron chi connectivity index (χ0n) is 20.2. The molecule has 12 nitrogen and oxygen atoms in total. The maximum absolute atomic E-state index is 11.0. The second-order valence-corrected chi connectivity index (χ2v) is 9.11. The monoisotopic (exact) mass is 576 g/mol. The largest absolute Gasteiger partial charge is 0.454 e. The Labute approximate surface area is 225 Å². The molecule has 3 aromatic carbocycles. The fourth-order valence-electron chi connectivity index (χ4n) is 3.47. The van der Waals surface area contributed by atoms with Gasteiger partial charge >= 0.3 is 0 Å². The second-order valence-electron chi connectivity index (χ2n) is 8.26. The van der Waals surface area contributed by atoms with Crippen LogP contribution in [0.2, 0.25) is 0 Å². The highest BCUT2D eigenvalue weighted by Gasteiger charge is 2.16. The molecule has 1 aromatic heterocycles. The van der Waals surface area contributed by atoms with Crippen molar-refractivity contribution in [3.8, 4) is 11.5 Å². The van der Waals surface area contributed by atoms with Crippen LogP contribution in [0.4, 0.5) is 34.9 Å². The molecule has 1 aliphatic heterocycles. The first-order valence-corrected chi connectivity index (χ1v) is 12.1. The van der Waals surface area contributed by atoms with Gasteiger partial charge in [0.15, 0.2) is 11.5 Å². The van der Waals surface area contributed by atoms with E-state index in [1.807, 2.05) is 38.1 Å². The van der Waals surface area contributed by atoms with Crippen molar-refractivity contribution >= 4 is 57.1 Å². The molecule has 3 N–H and O–H groups in total. The van der Waals surface area contributed by atoms with Crippen LogP contribution >= 0.6 is 15.9 Å². The fourth-order valence-corrected chi connectivity index (χ4v) is 3.90. The predicted molar refractivity (Wildman–Crippen MR) is 147 cm³/mol. The molecule has 0 atom stereocenters. The number of non-ortho nitro benzene ring substituents is 1. The Morgan fingerprint density at radius 2 is 1.53 bits per heavy atom. The predicted octanol–water partition coefficient (Wildman–Crippen LogP) is 5.82. The van der Waals surface area contributed by atoms with E-state index < -0.39 is 4.92 Å². The third-order valence-electron chi connectivity index (χ3n) is 5.59. The smallest absolute Gasteiger partial charge is 0.269 e. The topological polar surface area (TPSA) is 149 Å². The highest BCUT2D eigenvalue weighted by Crippen LogP contribution is 2.36. The Balaban J connectivity index is 1.40. The van der Waals surface area contributed by atoms with Gasteiger partial charge in [-0.1, -0.05) is 6.07 Å². The maximum atomic E-state index is 11.0. The van der Waals surface area contributed by atoms with Gasteiger partial charge in [-0.25, -0.2) is 5.43 Å². The lowest BCUT2D eigenvalue weighted by Crippen LogP contribution is -2.07. The number of halogens is 1. The average Bonchev–Trinajstić information content (AvgIpc) is 3.34. The van der Waals surface area contributed by atoms with Gasteiger partial charge in [0.25, 0.3) is 5.69 Å². The molecule has 0 fully saturated rings. The second kappa shape index (κ2) is 10.7. The number of nitro benzene ring substituents is 1. The molecular weight excluding hydrogens is 556 g/mol. The number of hydrazone groups is 1. The molecule has 192 valence electrons. The lowest BCUT2D eigenvalue weighted by atomic mass is 10.1. The molecular formula is C25H21BrN8O4. The number of benzene rings is 3. The number of fused-ring (bicyclic) bond motifs is 1. The summed E-state index contributed by atoms with van der Waals surface area (Å²) >= 11 is 3.50. The Kier molecular flexibility index (Phi) is 7.00. The third-order valence-corrected chi connectivity index (χ3v) is 6.28. The van der Waals surface area contributed by atoms with Crippen molar-refractivity contribution in [3.05, 3.63) is 85.9 Å². The van der Waals surface area contributed by atoms with Crippen LogP contribution in [0.1, 0.15) is 16.7 Å². The third kappa shape index (κ3) is 5.78. The highest BCUT2D eigenvalue weighted by molar-refractivity contribution is 9.10. The number of aromatic nitrogens is 3. The molecule has 0 amide bonds. The van der Waals surface area contributed by atoms with E-state index in [-0.39, 0.29) is 30.3 Å². The van der Waals surface area contributed by atoms with Crippen LogP contribution in [0.3, 0.4) is 0 Å². The minimum atomic E-state index is -0.461. The van der Waals surface area contributed by atoms with Gasteiger partial charge in [0.2, 0.25) is 24.6 Å². The summed E-state index contributed by atoms with van der Waals surface area (Å²) in [5, 5.41) is 21.5. The molecule has 1 aliphatic rings. The molecule has 0 unspecified atom stereocenters. The van der Waals surface area contributed by atoms with Gasteiger partial charge in [-0.15, -0.1) is 0 Å². The van der Waals surface area contributed by atoms with Crippen molar-refractivity contribution < 1.29 is 14.4 Å². The van der Waals surface area contributed by atoms with Crippen LogP contribution in [-0.2, 0) is 0 Å². The molecule has 0 bridgehead atoms. The van der Waals surface area contributed by atoms with E-state index in [0.717, 1.165) is 26.9 Å². The summed E-state index contributed by atoms with van der Waals surface area (Å²) < 4.78 is 11.6. The van der Waals surface area contributed by atoms with E-state index in [1.165, 1.54) is 12.1 Å². The Morgan fingerprint density at radius 1 is 0.895 bits per heavy atom. The number of nitro groups is 1. The normalized spacial score (nSPS) is 12.0. The quantitative estimate of drug-likeness (QED) is 0.133. The first-order chi connectivity index (χ1) is 18.3. The zero-order chi connectivity index (χ0) is 26.6. The Bertz CT molecular complexity index is 1550. The highest BCUT2D eigenvalue weighted by atomic mass is 79.9. The van der Waals surface area contributed by atoms with Crippen molar-refractivity contribution in [1.82, 2.24) is 15.0 Å². The minimum absolute atomic E-state index is 0.0188. The molecule has 4 aromatic rings. The lowest BCUT2D eigenvalue weighted by molar-refractivity contribution is -0.384. The molecule has 0 saturated heterocycles. The first kappa shape index (κ1) is 24.9. The summed E-state index contributed by atoms with van der Waals surface area (Å²) in [5.74, 6) is 1.94. The number of hydrogen-bond acceptors (Lipinski definition) is 11. The van der Waals surface area contributed by atoms with Crippen LogP contribution in [0.15, 0.2) is 64.2 Å². The lowest BCUT2D eigenvalue weighted by Gasteiger charge is -2.11. The van der Waals surface area contributed by atoms with Crippen molar-refractivity contribution in [1.29, 1.82) is 0 Å². The number of aryl methyl sites for hydroxylation is 2. The molecule has 0 saturated carbocycles. The standard InChI is InChI=1S/C25H21BrN8O4/c1-14-3-4-18(9-15(14)2)29-24-30-23(28-17-5-7-19(8-6-17)34(35)36)31-25(32-24)33-27-12-16-10-21-22(11-20(16)26)38-13-37-21/h3-12H,13H2,1-2H3,(H3,28,29,30,31,32,33)/b27-12+. The summed E-state index contributed by atoms with van der Waals surface area (Å²) in [6.45, 7) is 4.23. The van der Waals surface area contributed by atoms with Gasteiger partial charge in [-0.3, -0.25) is 10.1 Å². The van der Waals surface area contributed by atoms with Crippen LogP contribution in [-0.4, -0.2) is 32.9 Å². The van der Waals surface area contributed by atoms with Crippen molar-refractivity contribution in [2.75, 3.05) is 22.9 Å². The van der Waals surface area contributed by atoms with E-state index >= 15 is 0 Å². The number of nitrogens with one attached hydrogen (secondary N) is 3. The number of nitrogens with zero attached hydrogens (tertiary/aromatic N) is 5. The van der Waals surface area contributed by atoms with E-state index in [2.05, 4.69) is 52.0 Å². The van der Waals surface area contributed by atoms with Gasteiger partial charge in [0.05, 0.1) is 11.1 Å². The van der Waals surface area contributed by atoms with Gasteiger partial charge in [-0.2, -0.15) is 20.1 Å². The van der Waals surface area contributed by atoms with Crippen LogP contribution in [0.5, 0.6) is 11.5 Å². The van der Waals surface area contributed by atoms with Crippen molar-refractivity contribution in [2.45, 2.75) is 13.8 Å².